The summed E-state index contributed by atoms with van der Waals surface area (Å²) in [6.45, 7) is 2.10. The van der Waals surface area contributed by atoms with Crippen LogP contribution in [0, 0.1) is 11.3 Å². The second-order valence-electron chi connectivity index (χ2n) is 2.34. The van der Waals surface area contributed by atoms with E-state index in [0.29, 0.717) is 5.92 Å². The molecule has 0 saturated carbocycles. The number of hydrogen-bond acceptors (Lipinski definition) is 1. The van der Waals surface area contributed by atoms with Crippen molar-refractivity contribution in [3.05, 3.63) is 12.2 Å². The summed E-state index contributed by atoms with van der Waals surface area (Å²) in [5, 5.41) is 7.31. The van der Waals surface area contributed by atoms with Crippen LogP contribution in [0.2, 0.25) is 0 Å². The maximum atomic E-state index is 7.31. The van der Waals surface area contributed by atoms with Gasteiger partial charge in [-0.2, -0.15) is 0 Å². The van der Waals surface area contributed by atoms with Gasteiger partial charge in [0, 0.05) is 5.71 Å². The molecule has 0 amide bonds. The van der Waals surface area contributed by atoms with Crippen LogP contribution in [0.4, 0.5) is 0 Å². The molecule has 0 heterocycles. The van der Waals surface area contributed by atoms with Crippen molar-refractivity contribution in [2.45, 2.75) is 19.8 Å². The number of rotatable bonds is 0. The molecule has 1 rings (SSSR count). The molecular formula is C7H11N. The number of allylic oxidation sites excluding steroid dienone is 2. The zero-order valence-corrected chi connectivity index (χ0v) is 5.15. The molecule has 8 heavy (non-hydrogen) atoms. The first kappa shape index (κ1) is 5.54. The predicted octanol–water partition coefficient (Wildman–Crippen LogP) is 1.99. The Morgan fingerprint density at radius 3 is 2.88 bits per heavy atom. The van der Waals surface area contributed by atoms with E-state index in [2.05, 4.69) is 13.0 Å². The molecule has 1 N–H and O–H groups in total. The van der Waals surface area contributed by atoms with Gasteiger partial charge in [0.25, 0.3) is 0 Å². The highest BCUT2D eigenvalue weighted by Crippen LogP contribution is 2.13. The lowest BCUT2D eigenvalue weighted by Gasteiger charge is -2.11. The highest BCUT2D eigenvalue weighted by atomic mass is 14.4. The van der Waals surface area contributed by atoms with E-state index in [-0.39, 0.29) is 0 Å². The zero-order chi connectivity index (χ0) is 5.98. The molecule has 0 aliphatic heterocycles. The lowest BCUT2D eigenvalue weighted by Crippen LogP contribution is -2.09. The van der Waals surface area contributed by atoms with Gasteiger partial charge < -0.3 is 5.41 Å². The van der Waals surface area contributed by atoms with Gasteiger partial charge in [0.2, 0.25) is 0 Å². The predicted molar refractivity (Wildman–Crippen MR) is 35.3 cm³/mol. The SMILES string of the molecule is CC1CCC=CC1=N. The van der Waals surface area contributed by atoms with Crippen molar-refractivity contribution in [1.82, 2.24) is 0 Å². The van der Waals surface area contributed by atoms with E-state index in [0.717, 1.165) is 18.6 Å². The van der Waals surface area contributed by atoms with E-state index in [1.54, 1.807) is 0 Å². The molecule has 0 bridgehead atoms. The summed E-state index contributed by atoms with van der Waals surface area (Å²) < 4.78 is 0. The van der Waals surface area contributed by atoms with Crippen molar-refractivity contribution in [2.24, 2.45) is 5.92 Å². The second kappa shape index (κ2) is 2.12. The minimum absolute atomic E-state index is 0.500. The maximum Gasteiger partial charge on any atom is 0.0339 e. The van der Waals surface area contributed by atoms with Gasteiger partial charge in [-0.15, -0.1) is 0 Å². The zero-order valence-electron chi connectivity index (χ0n) is 5.15. The van der Waals surface area contributed by atoms with Gasteiger partial charge in [-0.25, -0.2) is 0 Å². The number of hydrogen-bond donors (Lipinski definition) is 1. The molecule has 1 heteroatoms. The van der Waals surface area contributed by atoms with E-state index in [1.807, 2.05) is 6.08 Å². The van der Waals surface area contributed by atoms with Gasteiger partial charge in [-0.1, -0.05) is 13.0 Å². The van der Waals surface area contributed by atoms with Gasteiger partial charge in [0.1, 0.15) is 0 Å². The van der Waals surface area contributed by atoms with Gasteiger partial charge in [-0.3, -0.25) is 0 Å². The Morgan fingerprint density at radius 2 is 2.50 bits per heavy atom. The third-order valence-electron chi connectivity index (χ3n) is 1.59. The summed E-state index contributed by atoms with van der Waals surface area (Å²) in [6, 6.07) is 0. The smallest absolute Gasteiger partial charge is 0.0339 e. The Hall–Kier alpha value is -0.590. The molecule has 1 unspecified atom stereocenters. The Morgan fingerprint density at radius 1 is 1.75 bits per heavy atom. The fraction of sp³-hybridized carbons (Fsp3) is 0.571. The lowest BCUT2D eigenvalue weighted by atomic mass is 9.95. The van der Waals surface area contributed by atoms with Crippen LogP contribution in [0.5, 0.6) is 0 Å². The molecule has 44 valence electrons. The number of nitrogens with one attached hydrogen (secondary N) is 1. The minimum Gasteiger partial charge on any atom is -0.305 e. The molecule has 0 aromatic rings. The fourth-order valence-electron chi connectivity index (χ4n) is 0.876. The minimum atomic E-state index is 0.500. The summed E-state index contributed by atoms with van der Waals surface area (Å²) in [7, 11) is 0. The summed E-state index contributed by atoms with van der Waals surface area (Å²) in [5.41, 5.74) is 0.788. The van der Waals surface area contributed by atoms with Gasteiger partial charge in [0.05, 0.1) is 0 Å². The largest absolute Gasteiger partial charge is 0.305 e. The van der Waals surface area contributed by atoms with Crippen LogP contribution in [0.3, 0.4) is 0 Å². The van der Waals surface area contributed by atoms with Crippen molar-refractivity contribution in [1.29, 1.82) is 5.41 Å². The monoisotopic (exact) mass is 109 g/mol. The van der Waals surface area contributed by atoms with Crippen LogP contribution in [0.1, 0.15) is 19.8 Å². The van der Waals surface area contributed by atoms with E-state index in [1.165, 1.54) is 0 Å². The standard InChI is InChI=1S/C7H11N/c1-6-4-2-3-5-7(6)8/h3,5-6,8H,2,4H2,1H3. The molecule has 1 atom stereocenters. The van der Waals surface area contributed by atoms with Gasteiger partial charge in [-0.05, 0) is 24.8 Å². The van der Waals surface area contributed by atoms with Crippen LogP contribution in [-0.2, 0) is 0 Å². The van der Waals surface area contributed by atoms with Crippen LogP contribution in [0.25, 0.3) is 0 Å². The molecule has 0 aromatic heterocycles. The molecule has 0 aromatic carbocycles. The highest BCUT2D eigenvalue weighted by molar-refractivity contribution is 5.94. The topological polar surface area (TPSA) is 23.9 Å². The van der Waals surface area contributed by atoms with Gasteiger partial charge in [0.15, 0.2) is 0 Å². The van der Waals surface area contributed by atoms with Crippen LogP contribution in [0.15, 0.2) is 12.2 Å². The normalized spacial score (nSPS) is 28.6. The molecule has 0 radical (unpaired) electrons. The Balaban J connectivity index is 2.60. The second-order valence-corrected chi connectivity index (χ2v) is 2.34. The van der Waals surface area contributed by atoms with Crippen LogP contribution in [-0.4, -0.2) is 5.71 Å². The quantitative estimate of drug-likeness (QED) is 0.492. The van der Waals surface area contributed by atoms with Crippen LogP contribution >= 0.6 is 0 Å². The maximum absolute atomic E-state index is 7.31. The van der Waals surface area contributed by atoms with Gasteiger partial charge >= 0.3 is 0 Å². The molecular weight excluding hydrogens is 98.1 g/mol. The van der Waals surface area contributed by atoms with Crippen molar-refractivity contribution in [3.8, 4) is 0 Å². The first-order chi connectivity index (χ1) is 3.80. The first-order valence-electron chi connectivity index (χ1n) is 3.05. The fourth-order valence-corrected chi connectivity index (χ4v) is 0.876. The lowest BCUT2D eigenvalue weighted by molar-refractivity contribution is 0.681. The van der Waals surface area contributed by atoms with E-state index >= 15 is 0 Å². The molecule has 1 aliphatic rings. The Bertz CT molecular complexity index is 124. The van der Waals surface area contributed by atoms with Crippen molar-refractivity contribution in [2.75, 3.05) is 0 Å². The third kappa shape index (κ3) is 0.971. The molecule has 0 fully saturated rings. The summed E-state index contributed by atoms with van der Waals surface area (Å²) in [4.78, 5) is 0. The first-order valence-corrected chi connectivity index (χ1v) is 3.05. The van der Waals surface area contributed by atoms with E-state index in [9.17, 15) is 0 Å². The summed E-state index contributed by atoms with van der Waals surface area (Å²) >= 11 is 0. The average molecular weight is 109 g/mol. The molecule has 1 nitrogen and oxygen atoms in total. The third-order valence-corrected chi connectivity index (χ3v) is 1.59. The Labute approximate surface area is 49.9 Å². The van der Waals surface area contributed by atoms with E-state index < -0.39 is 0 Å². The molecule has 1 aliphatic carbocycles. The molecule has 0 saturated heterocycles. The van der Waals surface area contributed by atoms with Crippen molar-refractivity contribution in [3.63, 3.8) is 0 Å². The van der Waals surface area contributed by atoms with E-state index in [4.69, 9.17) is 5.41 Å². The molecule has 0 spiro atoms. The average Bonchev–Trinajstić information content (AvgIpc) is 1.77. The summed E-state index contributed by atoms with van der Waals surface area (Å²) in [5.74, 6) is 0.500. The van der Waals surface area contributed by atoms with Crippen molar-refractivity contribution >= 4 is 5.71 Å². The highest BCUT2D eigenvalue weighted by Gasteiger charge is 2.07. The summed E-state index contributed by atoms with van der Waals surface area (Å²) in [6.07, 6.45) is 6.30. The van der Waals surface area contributed by atoms with Crippen LogP contribution < -0.4 is 0 Å². The van der Waals surface area contributed by atoms with Crippen molar-refractivity contribution < 1.29 is 0 Å². The Kier molecular flexibility index (Phi) is 1.47.